The summed E-state index contributed by atoms with van der Waals surface area (Å²) in [6.07, 6.45) is 4.86. The van der Waals surface area contributed by atoms with Crippen LogP contribution in [0.5, 0.6) is 0 Å². The number of hydrogen-bond acceptors (Lipinski definition) is 1. The largest absolute Gasteiger partial charge is 0.239 e. The highest BCUT2D eigenvalue weighted by Gasteiger charge is 2.20. The summed E-state index contributed by atoms with van der Waals surface area (Å²) in [5, 5.41) is 8.37. The molecular formula is C8H8FN. The van der Waals surface area contributed by atoms with Crippen LogP contribution in [-0.4, -0.2) is 5.67 Å². The molecule has 0 amide bonds. The zero-order valence-corrected chi connectivity index (χ0v) is 5.76. The Labute approximate surface area is 59.5 Å². The minimum atomic E-state index is -1.25. The molecule has 0 aromatic heterocycles. The van der Waals surface area contributed by atoms with Crippen molar-refractivity contribution < 1.29 is 4.39 Å². The first kappa shape index (κ1) is 7.01. The monoisotopic (exact) mass is 137 g/mol. The first-order valence-corrected chi connectivity index (χ1v) is 3.12. The summed E-state index contributed by atoms with van der Waals surface area (Å²) >= 11 is 0. The third-order valence-electron chi connectivity index (χ3n) is 1.46. The van der Waals surface area contributed by atoms with Crippen LogP contribution in [0.1, 0.15) is 13.3 Å². The van der Waals surface area contributed by atoms with Crippen molar-refractivity contribution in [3.05, 3.63) is 23.8 Å². The van der Waals surface area contributed by atoms with E-state index in [0.29, 0.717) is 12.0 Å². The Morgan fingerprint density at radius 3 is 2.90 bits per heavy atom. The number of rotatable bonds is 0. The van der Waals surface area contributed by atoms with Gasteiger partial charge >= 0.3 is 0 Å². The van der Waals surface area contributed by atoms with E-state index >= 15 is 0 Å². The van der Waals surface area contributed by atoms with Gasteiger partial charge in [-0.05, 0) is 19.1 Å². The van der Waals surface area contributed by atoms with E-state index in [1.807, 2.05) is 6.07 Å². The number of halogens is 1. The van der Waals surface area contributed by atoms with Crippen molar-refractivity contribution in [2.45, 2.75) is 19.0 Å². The lowest BCUT2D eigenvalue weighted by Gasteiger charge is -2.15. The molecule has 1 unspecified atom stereocenters. The molecule has 0 bridgehead atoms. The van der Waals surface area contributed by atoms with Gasteiger partial charge < -0.3 is 0 Å². The molecule has 0 heterocycles. The van der Waals surface area contributed by atoms with E-state index in [1.54, 1.807) is 6.08 Å². The fourth-order valence-corrected chi connectivity index (χ4v) is 0.792. The summed E-state index contributed by atoms with van der Waals surface area (Å²) < 4.78 is 12.9. The summed E-state index contributed by atoms with van der Waals surface area (Å²) in [6.45, 7) is 1.49. The van der Waals surface area contributed by atoms with Gasteiger partial charge in [0.05, 0.1) is 6.07 Å². The van der Waals surface area contributed by atoms with Crippen LogP contribution in [0.25, 0.3) is 0 Å². The Balaban J connectivity index is 2.75. The minimum absolute atomic E-state index is 0.312. The average Bonchev–Trinajstić information content (AvgIpc) is 1.88. The van der Waals surface area contributed by atoms with Crippen LogP contribution in [0.2, 0.25) is 0 Å². The fraction of sp³-hybridized carbons (Fsp3) is 0.375. The van der Waals surface area contributed by atoms with Crippen molar-refractivity contribution in [3.8, 4) is 6.07 Å². The molecule has 1 rings (SSSR count). The Bertz CT molecular complexity index is 230. The smallest absolute Gasteiger partial charge is 0.130 e. The highest BCUT2D eigenvalue weighted by Crippen LogP contribution is 2.23. The van der Waals surface area contributed by atoms with Crippen molar-refractivity contribution >= 4 is 0 Å². The molecule has 0 spiro atoms. The van der Waals surface area contributed by atoms with Gasteiger partial charge in [0.1, 0.15) is 5.67 Å². The third-order valence-corrected chi connectivity index (χ3v) is 1.46. The Morgan fingerprint density at radius 1 is 1.80 bits per heavy atom. The van der Waals surface area contributed by atoms with Crippen LogP contribution < -0.4 is 0 Å². The van der Waals surface area contributed by atoms with E-state index in [2.05, 4.69) is 0 Å². The molecule has 0 N–H and O–H groups in total. The molecule has 1 nitrogen and oxygen atoms in total. The lowest BCUT2D eigenvalue weighted by molar-refractivity contribution is 0.259. The Kier molecular flexibility index (Phi) is 1.58. The van der Waals surface area contributed by atoms with Crippen LogP contribution in [0, 0.1) is 11.3 Å². The van der Waals surface area contributed by atoms with Crippen LogP contribution in [0.15, 0.2) is 23.8 Å². The first-order chi connectivity index (χ1) is 4.64. The van der Waals surface area contributed by atoms with Gasteiger partial charge in [-0.15, -0.1) is 0 Å². The van der Waals surface area contributed by atoms with Gasteiger partial charge in [0.2, 0.25) is 0 Å². The summed E-state index contributed by atoms with van der Waals surface area (Å²) in [6, 6.07) is 1.95. The van der Waals surface area contributed by atoms with Gasteiger partial charge in [0.15, 0.2) is 0 Å². The zero-order valence-electron chi connectivity index (χ0n) is 5.76. The van der Waals surface area contributed by atoms with E-state index in [4.69, 9.17) is 5.26 Å². The number of nitrogens with zero attached hydrogens (tertiary/aromatic N) is 1. The molecule has 0 aliphatic heterocycles. The second kappa shape index (κ2) is 2.26. The molecule has 0 aromatic carbocycles. The van der Waals surface area contributed by atoms with E-state index in [-0.39, 0.29) is 0 Å². The maximum atomic E-state index is 12.9. The summed E-state index contributed by atoms with van der Waals surface area (Å²) in [4.78, 5) is 0. The molecule has 0 aromatic rings. The quantitative estimate of drug-likeness (QED) is 0.501. The lowest BCUT2D eigenvalue weighted by atomic mass is 9.96. The fourth-order valence-electron chi connectivity index (χ4n) is 0.792. The Hall–Kier alpha value is -1.10. The van der Waals surface area contributed by atoms with Crippen LogP contribution in [0.3, 0.4) is 0 Å². The van der Waals surface area contributed by atoms with Gasteiger partial charge in [-0.3, -0.25) is 0 Å². The van der Waals surface area contributed by atoms with Crippen molar-refractivity contribution in [1.82, 2.24) is 0 Å². The SMILES string of the molecule is CC1(F)C=CC(C#N)=CC1. The standard InChI is InChI=1S/C8H8FN/c1-8(9)4-2-7(6-10)3-5-8/h2-4H,5H2,1H3. The van der Waals surface area contributed by atoms with Crippen LogP contribution >= 0.6 is 0 Å². The van der Waals surface area contributed by atoms with Gasteiger partial charge in [0, 0.05) is 12.0 Å². The van der Waals surface area contributed by atoms with Gasteiger partial charge in [-0.25, -0.2) is 4.39 Å². The predicted molar refractivity (Wildman–Crippen MR) is 37.0 cm³/mol. The maximum Gasteiger partial charge on any atom is 0.130 e. The highest BCUT2D eigenvalue weighted by molar-refractivity contribution is 5.37. The van der Waals surface area contributed by atoms with Crippen molar-refractivity contribution in [2.24, 2.45) is 0 Å². The molecule has 10 heavy (non-hydrogen) atoms. The van der Waals surface area contributed by atoms with Crippen molar-refractivity contribution in [2.75, 3.05) is 0 Å². The molecule has 0 saturated carbocycles. The van der Waals surface area contributed by atoms with E-state index in [1.165, 1.54) is 19.1 Å². The van der Waals surface area contributed by atoms with E-state index in [0.717, 1.165) is 0 Å². The van der Waals surface area contributed by atoms with Gasteiger partial charge in [-0.1, -0.05) is 6.08 Å². The van der Waals surface area contributed by atoms with E-state index < -0.39 is 5.67 Å². The average molecular weight is 137 g/mol. The normalized spacial score (nSPS) is 31.1. The Morgan fingerprint density at radius 2 is 2.50 bits per heavy atom. The van der Waals surface area contributed by atoms with Crippen molar-refractivity contribution in [3.63, 3.8) is 0 Å². The molecule has 1 aliphatic carbocycles. The maximum absolute atomic E-state index is 12.9. The number of alkyl halides is 1. The summed E-state index contributed by atoms with van der Waals surface area (Å²) in [5.74, 6) is 0. The number of hydrogen-bond donors (Lipinski definition) is 0. The molecule has 0 fully saturated rings. The molecule has 52 valence electrons. The van der Waals surface area contributed by atoms with Gasteiger partial charge in [0.25, 0.3) is 0 Å². The molecule has 1 aliphatic rings. The molecule has 0 saturated heterocycles. The van der Waals surface area contributed by atoms with Gasteiger partial charge in [-0.2, -0.15) is 5.26 Å². The zero-order chi connectivity index (χ0) is 7.61. The third kappa shape index (κ3) is 1.44. The topological polar surface area (TPSA) is 23.8 Å². The molecule has 0 radical (unpaired) electrons. The summed E-state index contributed by atoms with van der Waals surface area (Å²) in [5.41, 5.74) is -0.699. The van der Waals surface area contributed by atoms with Crippen molar-refractivity contribution in [1.29, 1.82) is 5.26 Å². The highest BCUT2D eigenvalue weighted by atomic mass is 19.1. The lowest BCUT2D eigenvalue weighted by Crippen LogP contribution is -2.14. The van der Waals surface area contributed by atoms with Crippen LogP contribution in [-0.2, 0) is 0 Å². The number of allylic oxidation sites excluding steroid dienone is 4. The summed E-state index contributed by atoms with van der Waals surface area (Å²) in [7, 11) is 0. The molecule has 2 heteroatoms. The van der Waals surface area contributed by atoms with Crippen LogP contribution in [0.4, 0.5) is 4.39 Å². The molecular weight excluding hydrogens is 129 g/mol. The minimum Gasteiger partial charge on any atom is -0.239 e. The second-order valence-corrected chi connectivity index (χ2v) is 2.59. The van der Waals surface area contributed by atoms with E-state index in [9.17, 15) is 4.39 Å². The number of nitriles is 1. The second-order valence-electron chi connectivity index (χ2n) is 2.59. The predicted octanol–water partition coefficient (Wildman–Crippen LogP) is 2.12. The first-order valence-electron chi connectivity index (χ1n) is 3.12. The molecule has 1 atom stereocenters.